The average molecular weight is 500 g/mol. The molecule has 0 aliphatic rings. The van der Waals surface area contributed by atoms with Gasteiger partial charge < -0.3 is 10.1 Å². The number of hydrogen-bond donors (Lipinski definition) is 1. The first-order valence-corrected chi connectivity index (χ1v) is 11.2. The summed E-state index contributed by atoms with van der Waals surface area (Å²) in [5.41, 5.74) is 4.67. The quantitative estimate of drug-likeness (QED) is 0.279. The first kappa shape index (κ1) is 24.7. The second-order valence-electron chi connectivity index (χ2n) is 7.59. The molecule has 4 nitrogen and oxygen atoms in total. The first-order chi connectivity index (χ1) is 15.7. The summed E-state index contributed by atoms with van der Waals surface area (Å²) in [4.78, 5) is 12.7. The highest BCUT2D eigenvalue weighted by molar-refractivity contribution is 6.35. The van der Waals surface area contributed by atoms with Gasteiger partial charge in [-0.15, -0.1) is 0 Å². The molecule has 0 bridgehead atoms. The molecule has 0 aromatic heterocycles. The highest BCUT2D eigenvalue weighted by Gasteiger charge is 2.13. The van der Waals surface area contributed by atoms with Crippen LogP contribution in [0.2, 0.25) is 15.1 Å². The number of nitriles is 1. The van der Waals surface area contributed by atoms with Gasteiger partial charge in [-0.25, -0.2) is 0 Å². The van der Waals surface area contributed by atoms with Crippen LogP contribution >= 0.6 is 34.8 Å². The lowest BCUT2D eigenvalue weighted by molar-refractivity contribution is -0.112. The van der Waals surface area contributed by atoms with Gasteiger partial charge in [0.05, 0.1) is 0 Å². The number of benzene rings is 3. The second-order valence-corrected chi connectivity index (χ2v) is 8.87. The summed E-state index contributed by atoms with van der Waals surface area (Å²) in [6.45, 7) is 5.96. The minimum Gasteiger partial charge on any atom is -0.488 e. The van der Waals surface area contributed by atoms with Crippen LogP contribution in [0.3, 0.4) is 0 Å². The van der Waals surface area contributed by atoms with Gasteiger partial charge in [0.1, 0.15) is 24.0 Å². The topological polar surface area (TPSA) is 62.1 Å². The molecule has 33 heavy (non-hydrogen) atoms. The number of nitrogens with zero attached hydrogens (tertiary/aromatic N) is 1. The monoisotopic (exact) mass is 498 g/mol. The predicted molar refractivity (Wildman–Crippen MR) is 135 cm³/mol. The van der Waals surface area contributed by atoms with Crippen molar-refractivity contribution in [1.29, 1.82) is 5.26 Å². The number of nitrogens with one attached hydrogen (secondary N) is 1. The first-order valence-electron chi connectivity index (χ1n) is 10.0. The molecule has 1 amide bonds. The van der Waals surface area contributed by atoms with Crippen molar-refractivity contribution < 1.29 is 9.53 Å². The Morgan fingerprint density at radius 3 is 2.24 bits per heavy atom. The van der Waals surface area contributed by atoms with Crippen LogP contribution in [0.1, 0.15) is 27.8 Å². The number of ether oxygens (including phenoxy) is 1. The highest BCUT2D eigenvalue weighted by Crippen LogP contribution is 2.29. The Hall–Kier alpha value is -2.97. The number of carbonyl (C=O) groups excluding carboxylic acids is 1. The van der Waals surface area contributed by atoms with E-state index in [0.29, 0.717) is 20.8 Å². The molecule has 0 saturated carbocycles. The maximum atomic E-state index is 12.7. The van der Waals surface area contributed by atoms with Crippen LogP contribution in [-0.4, -0.2) is 5.91 Å². The van der Waals surface area contributed by atoms with Crippen LogP contribution in [0.5, 0.6) is 5.75 Å². The summed E-state index contributed by atoms with van der Waals surface area (Å²) in [7, 11) is 0. The lowest BCUT2D eigenvalue weighted by atomic mass is 10.0. The molecule has 3 aromatic rings. The van der Waals surface area contributed by atoms with Gasteiger partial charge in [-0.3, -0.25) is 4.79 Å². The molecule has 3 aromatic carbocycles. The normalized spacial score (nSPS) is 11.1. The van der Waals surface area contributed by atoms with Gasteiger partial charge >= 0.3 is 0 Å². The molecule has 0 spiro atoms. The third-order valence-corrected chi connectivity index (χ3v) is 5.82. The van der Waals surface area contributed by atoms with E-state index in [9.17, 15) is 10.1 Å². The van der Waals surface area contributed by atoms with Crippen LogP contribution in [0, 0.1) is 32.1 Å². The van der Waals surface area contributed by atoms with E-state index in [2.05, 4.69) is 5.32 Å². The maximum Gasteiger partial charge on any atom is 0.266 e. The lowest BCUT2D eigenvalue weighted by Crippen LogP contribution is -2.14. The Morgan fingerprint density at radius 2 is 1.61 bits per heavy atom. The molecule has 0 atom stereocenters. The fraction of sp³-hybridized carbons (Fsp3) is 0.154. The molecule has 3 rings (SSSR count). The van der Waals surface area contributed by atoms with E-state index < -0.39 is 5.91 Å². The van der Waals surface area contributed by atoms with Gasteiger partial charge in [0.25, 0.3) is 5.91 Å². The molecule has 7 heteroatoms. The predicted octanol–water partition coefficient (Wildman–Crippen LogP) is 7.70. The van der Waals surface area contributed by atoms with Crippen molar-refractivity contribution >= 4 is 52.5 Å². The van der Waals surface area contributed by atoms with Crippen molar-refractivity contribution in [2.24, 2.45) is 0 Å². The number of halogens is 3. The Morgan fingerprint density at radius 1 is 0.970 bits per heavy atom. The van der Waals surface area contributed by atoms with Crippen LogP contribution < -0.4 is 10.1 Å². The molecule has 168 valence electrons. The van der Waals surface area contributed by atoms with Gasteiger partial charge in [0, 0.05) is 26.3 Å². The SMILES string of the molecule is Cc1ccc(Cl)cc1NC(=O)/C(C#N)=C/c1cc(C)c(OCc2ccc(Cl)cc2Cl)c(C)c1. The zero-order valence-corrected chi connectivity index (χ0v) is 20.6. The minimum atomic E-state index is -0.504. The summed E-state index contributed by atoms with van der Waals surface area (Å²) in [5.74, 6) is 0.214. The number of carbonyl (C=O) groups is 1. The van der Waals surface area contributed by atoms with Gasteiger partial charge in [-0.2, -0.15) is 5.26 Å². The zero-order chi connectivity index (χ0) is 24.1. The Kier molecular flexibility index (Phi) is 8.05. The summed E-state index contributed by atoms with van der Waals surface area (Å²) in [5, 5.41) is 13.9. The van der Waals surface area contributed by atoms with Crippen molar-refractivity contribution in [2.45, 2.75) is 27.4 Å². The van der Waals surface area contributed by atoms with Gasteiger partial charge in [-0.05, 0) is 85.5 Å². The maximum absolute atomic E-state index is 12.7. The van der Waals surface area contributed by atoms with Gasteiger partial charge in [0.2, 0.25) is 0 Å². The number of amides is 1. The third-order valence-electron chi connectivity index (χ3n) is 4.99. The summed E-state index contributed by atoms with van der Waals surface area (Å²) >= 11 is 18.2. The molecular formula is C26H21Cl3N2O2. The van der Waals surface area contributed by atoms with Crippen molar-refractivity contribution in [3.05, 3.63) is 97.0 Å². The Balaban J connectivity index is 1.80. The van der Waals surface area contributed by atoms with Crippen LogP contribution in [-0.2, 0) is 11.4 Å². The van der Waals surface area contributed by atoms with Crippen LogP contribution in [0.25, 0.3) is 6.08 Å². The number of rotatable bonds is 6. The van der Waals surface area contributed by atoms with E-state index in [4.69, 9.17) is 39.5 Å². The highest BCUT2D eigenvalue weighted by atomic mass is 35.5. The lowest BCUT2D eigenvalue weighted by Gasteiger charge is -2.14. The van der Waals surface area contributed by atoms with E-state index in [1.807, 2.05) is 45.0 Å². The van der Waals surface area contributed by atoms with Gasteiger partial charge in [-0.1, -0.05) is 46.9 Å². The largest absolute Gasteiger partial charge is 0.488 e. The molecule has 0 fully saturated rings. The molecule has 1 N–H and O–H groups in total. The molecule has 0 saturated heterocycles. The Labute approximate surface area is 208 Å². The standard InChI is InChI=1S/C26H21Cl3N2O2/c1-15-4-6-22(28)12-24(15)31-26(32)20(13-30)10-18-8-16(2)25(17(3)9-18)33-14-19-5-7-21(27)11-23(19)29/h4-12H,14H2,1-3H3,(H,31,32)/b20-10+. The summed E-state index contributed by atoms with van der Waals surface area (Å²) in [6.07, 6.45) is 1.55. The van der Waals surface area contributed by atoms with E-state index in [1.54, 1.807) is 36.4 Å². The Bertz CT molecular complexity index is 1270. The van der Waals surface area contributed by atoms with E-state index in [-0.39, 0.29) is 12.2 Å². The summed E-state index contributed by atoms with van der Waals surface area (Å²) < 4.78 is 6.01. The van der Waals surface area contributed by atoms with Gasteiger partial charge in [0.15, 0.2) is 0 Å². The van der Waals surface area contributed by atoms with Crippen molar-refractivity contribution in [3.8, 4) is 11.8 Å². The zero-order valence-electron chi connectivity index (χ0n) is 18.3. The van der Waals surface area contributed by atoms with Crippen molar-refractivity contribution in [2.75, 3.05) is 5.32 Å². The van der Waals surface area contributed by atoms with Crippen LogP contribution in [0.4, 0.5) is 5.69 Å². The number of anilines is 1. The van der Waals surface area contributed by atoms with E-state index in [1.165, 1.54) is 0 Å². The molecule has 0 aliphatic carbocycles. The van der Waals surface area contributed by atoms with E-state index in [0.717, 1.165) is 33.6 Å². The van der Waals surface area contributed by atoms with Crippen molar-refractivity contribution in [1.82, 2.24) is 0 Å². The molecule has 0 aliphatic heterocycles. The molecule has 0 unspecified atom stereocenters. The van der Waals surface area contributed by atoms with E-state index >= 15 is 0 Å². The fourth-order valence-corrected chi connectivity index (χ4v) is 3.95. The smallest absolute Gasteiger partial charge is 0.266 e. The third kappa shape index (κ3) is 6.30. The number of aryl methyl sites for hydroxylation is 3. The average Bonchev–Trinajstić information content (AvgIpc) is 2.75. The summed E-state index contributed by atoms with van der Waals surface area (Å²) in [6, 6.07) is 16.2. The molecule has 0 radical (unpaired) electrons. The fourth-order valence-electron chi connectivity index (χ4n) is 3.32. The number of hydrogen-bond acceptors (Lipinski definition) is 3. The van der Waals surface area contributed by atoms with Crippen molar-refractivity contribution in [3.63, 3.8) is 0 Å². The molecular weight excluding hydrogens is 479 g/mol. The minimum absolute atomic E-state index is 0.0187. The molecule has 0 heterocycles. The van der Waals surface area contributed by atoms with Crippen LogP contribution in [0.15, 0.2) is 54.1 Å². The second kappa shape index (κ2) is 10.8.